The second kappa shape index (κ2) is 5.96. The molecule has 0 saturated carbocycles. The predicted octanol–water partition coefficient (Wildman–Crippen LogP) is 4.19. The summed E-state index contributed by atoms with van der Waals surface area (Å²) in [5.41, 5.74) is 6.58. The van der Waals surface area contributed by atoms with Gasteiger partial charge in [0.1, 0.15) is 0 Å². The lowest BCUT2D eigenvalue weighted by Crippen LogP contribution is -2.28. The zero-order valence-corrected chi connectivity index (χ0v) is 12.9. The van der Waals surface area contributed by atoms with E-state index in [1.54, 1.807) is 0 Å². The molecule has 0 heterocycles. The third-order valence-electron chi connectivity index (χ3n) is 3.48. The van der Waals surface area contributed by atoms with E-state index < -0.39 is 0 Å². The normalized spacial score (nSPS) is 13.2. The first-order valence-corrected chi connectivity index (χ1v) is 7.11. The minimum absolute atomic E-state index is 0.0266. The standard InChI is InChI=1S/C17H21ClN2/c1-17(2,3)14-8-4-12(5-9-14)16(20-19)13-6-10-15(18)11-7-13/h4-11,16,20H,19H2,1-3H3. The molecule has 0 aliphatic carbocycles. The quantitative estimate of drug-likeness (QED) is 0.656. The number of nitrogens with one attached hydrogen (secondary N) is 1. The Labute approximate surface area is 125 Å². The summed E-state index contributed by atoms with van der Waals surface area (Å²) in [7, 11) is 0. The molecule has 1 atom stereocenters. The number of hydrogen-bond donors (Lipinski definition) is 2. The van der Waals surface area contributed by atoms with Crippen molar-refractivity contribution in [2.75, 3.05) is 0 Å². The first kappa shape index (κ1) is 15.0. The van der Waals surface area contributed by atoms with Gasteiger partial charge in [-0.1, -0.05) is 68.8 Å². The van der Waals surface area contributed by atoms with Crippen LogP contribution in [-0.2, 0) is 5.41 Å². The fraction of sp³-hybridized carbons (Fsp3) is 0.294. The number of nitrogens with two attached hydrogens (primary N) is 1. The Hall–Kier alpha value is -1.35. The maximum atomic E-state index is 5.92. The van der Waals surface area contributed by atoms with E-state index in [-0.39, 0.29) is 11.5 Å². The Morgan fingerprint density at radius 2 is 1.35 bits per heavy atom. The molecule has 3 N–H and O–H groups in total. The molecule has 0 aliphatic rings. The van der Waals surface area contributed by atoms with Crippen LogP contribution in [-0.4, -0.2) is 0 Å². The van der Waals surface area contributed by atoms with Gasteiger partial charge in [0.15, 0.2) is 0 Å². The van der Waals surface area contributed by atoms with E-state index in [0.717, 1.165) is 16.1 Å². The van der Waals surface area contributed by atoms with Crippen LogP contribution in [0.3, 0.4) is 0 Å². The summed E-state index contributed by atoms with van der Waals surface area (Å²) < 4.78 is 0. The average molecular weight is 289 g/mol. The highest BCUT2D eigenvalue weighted by Gasteiger charge is 2.16. The molecular formula is C17H21ClN2. The first-order chi connectivity index (χ1) is 9.41. The Morgan fingerprint density at radius 3 is 1.75 bits per heavy atom. The Morgan fingerprint density at radius 1 is 0.900 bits per heavy atom. The van der Waals surface area contributed by atoms with Crippen LogP contribution in [0, 0.1) is 0 Å². The van der Waals surface area contributed by atoms with Gasteiger partial charge in [-0.05, 0) is 34.2 Å². The van der Waals surface area contributed by atoms with Crippen LogP contribution in [0.1, 0.15) is 43.5 Å². The van der Waals surface area contributed by atoms with Crippen LogP contribution >= 0.6 is 11.6 Å². The average Bonchev–Trinajstić information content (AvgIpc) is 2.41. The van der Waals surface area contributed by atoms with E-state index in [0.29, 0.717) is 0 Å². The SMILES string of the molecule is CC(C)(C)c1ccc(C(NN)c2ccc(Cl)cc2)cc1. The van der Waals surface area contributed by atoms with Crippen LogP contribution in [0.5, 0.6) is 0 Å². The highest BCUT2D eigenvalue weighted by Crippen LogP contribution is 2.27. The Kier molecular flexibility index (Phi) is 4.48. The van der Waals surface area contributed by atoms with Crippen molar-refractivity contribution >= 4 is 11.6 Å². The highest BCUT2D eigenvalue weighted by molar-refractivity contribution is 6.30. The molecule has 0 radical (unpaired) electrons. The number of halogens is 1. The third kappa shape index (κ3) is 3.40. The molecule has 2 nitrogen and oxygen atoms in total. The summed E-state index contributed by atoms with van der Waals surface area (Å²) in [6.07, 6.45) is 0. The summed E-state index contributed by atoms with van der Waals surface area (Å²) in [6, 6.07) is 16.3. The zero-order valence-electron chi connectivity index (χ0n) is 12.2. The van der Waals surface area contributed by atoms with Crippen LogP contribution in [0.25, 0.3) is 0 Å². The molecule has 20 heavy (non-hydrogen) atoms. The van der Waals surface area contributed by atoms with Crippen molar-refractivity contribution in [3.8, 4) is 0 Å². The minimum atomic E-state index is -0.0266. The molecule has 0 saturated heterocycles. The lowest BCUT2D eigenvalue weighted by Gasteiger charge is -2.21. The van der Waals surface area contributed by atoms with Crippen molar-refractivity contribution in [1.29, 1.82) is 0 Å². The molecule has 0 fully saturated rings. The van der Waals surface area contributed by atoms with Crippen LogP contribution in [0.4, 0.5) is 0 Å². The lowest BCUT2D eigenvalue weighted by atomic mass is 9.86. The second-order valence-electron chi connectivity index (χ2n) is 6.02. The van der Waals surface area contributed by atoms with Crippen molar-refractivity contribution in [1.82, 2.24) is 5.43 Å². The van der Waals surface area contributed by atoms with Crippen LogP contribution < -0.4 is 11.3 Å². The van der Waals surface area contributed by atoms with Gasteiger partial charge in [0.05, 0.1) is 6.04 Å². The summed E-state index contributed by atoms with van der Waals surface area (Å²) in [6.45, 7) is 6.62. The molecule has 1 unspecified atom stereocenters. The van der Waals surface area contributed by atoms with Crippen LogP contribution in [0.15, 0.2) is 48.5 Å². The zero-order chi connectivity index (χ0) is 14.8. The van der Waals surface area contributed by atoms with Gasteiger partial charge in [0.25, 0.3) is 0 Å². The van der Waals surface area contributed by atoms with Crippen molar-refractivity contribution in [2.45, 2.75) is 32.2 Å². The van der Waals surface area contributed by atoms with Gasteiger partial charge in [-0.3, -0.25) is 5.84 Å². The summed E-state index contributed by atoms with van der Waals surface area (Å²) in [5.74, 6) is 5.72. The summed E-state index contributed by atoms with van der Waals surface area (Å²) >= 11 is 5.92. The van der Waals surface area contributed by atoms with Gasteiger partial charge in [-0.25, -0.2) is 5.43 Å². The molecule has 0 spiro atoms. The molecule has 0 aliphatic heterocycles. The van der Waals surface area contributed by atoms with Crippen molar-refractivity contribution in [2.24, 2.45) is 5.84 Å². The second-order valence-corrected chi connectivity index (χ2v) is 6.46. The summed E-state index contributed by atoms with van der Waals surface area (Å²) in [4.78, 5) is 0. The number of benzene rings is 2. The Bertz CT molecular complexity index is 553. The molecule has 106 valence electrons. The topological polar surface area (TPSA) is 38.0 Å². The molecule has 2 rings (SSSR count). The number of hydrazine groups is 1. The Balaban J connectivity index is 2.30. The number of hydrogen-bond acceptors (Lipinski definition) is 2. The largest absolute Gasteiger partial charge is 0.271 e. The maximum absolute atomic E-state index is 5.92. The van der Waals surface area contributed by atoms with E-state index in [9.17, 15) is 0 Å². The van der Waals surface area contributed by atoms with Crippen molar-refractivity contribution < 1.29 is 0 Å². The minimum Gasteiger partial charge on any atom is -0.271 e. The highest BCUT2D eigenvalue weighted by atomic mass is 35.5. The lowest BCUT2D eigenvalue weighted by molar-refractivity contribution is 0.588. The van der Waals surface area contributed by atoms with Crippen molar-refractivity contribution in [3.63, 3.8) is 0 Å². The monoisotopic (exact) mass is 288 g/mol. The van der Waals surface area contributed by atoms with Gasteiger partial charge < -0.3 is 0 Å². The predicted molar refractivity (Wildman–Crippen MR) is 85.8 cm³/mol. The van der Waals surface area contributed by atoms with E-state index >= 15 is 0 Å². The van der Waals surface area contributed by atoms with Gasteiger partial charge in [-0.2, -0.15) is 0 Å². The molecule has 2 aromatic rings. The first-order valence-electron chi connectivity index (χ1n) is 6.74. The molecule has 0 aromatic heterocycles. The van der Waals surface area contributed by atoms with Gasteiger partial charge in [0, 0.05) is 5.02 Å². The number of rotatable bonds is 3. The third-order valence-corrected chi connectivity index (χ3v) is 3.73. The van der Waals surface area contributed by atoms with Gasteiger partial charge in [0.2, 0.25) is 0 Å². The molecule has 0 bridgehead atoms. The van der Waals surface area contributed by atoms with E-state index in [1.807, 2.05) is 24.3 Å². The molecule has 3 heteroatoms. The van der Waals surface area contributed by atoms with Gasteiger partial charge in [-0.15, -0.1) is 0 Å². The van der Waals surface area contributed by atoms with E-state index in [1.165, 1.54) is 5.56 Å². The van der Waals surface area contributed by atoms with Crippen LogP contribution in [0.2, 0.25) is 5.02 Å². The van der Waals surface area contributed by atoms with Gasteiger partial charge >= 0.3 is 0 Å². The molecular weight excluding hydrogens is 268 g/mol. The fourth-order valence-electron chi connectivity index (χ4n) is 2.22. The van der Waals surface area contributed by atoms with E-state index in [4.69, 9.17) is 17.4 Å². The summed E-state index contributed by atoms with van der Waals surface area (Å²) in [5, 5.41) is 0.729. The molecule has 0 amide bonds. The maximum Gasteiger partial charge on any atom is 0.0710 e. The smallest absolute Gasteiger partial charge is 0.0710 e. The van der Waals surface area contributed by atoms with Crippen molar-refractivity contribution in [3.05, 3.63) is 70.2 Å². The van der Waals surface area contributed by atoms with E-state index in [2.05, 4.69) is 50.5 Å². The fourth-order valence-corrected chi connectivity index (χ4v) is 2.34. The molecule has 2 aromatic carbocycles.